The molecule has 3 aromatic rings. The maximum absolute atomic E-state index is 10.2. The summed E-state index contributed by atoms with van der Waals surface area (Å²) in [6.45, 7) is 10.2. The molecule has 1 aromatic heterocycles. The number of β-amino-alcohol motifs (C(OH)–C–C–N with tert-alkyl or cyclic N) is 1. The monoisotopic (exact) mass is 527 g/mol. The summed E-state index contributed by atoms with van der Waals surface area (Å²) >= 11 is 6.36. The Kier molecular flexibility index (Phi) is 8.09. The summed E-state index contributed by atoms with van der Waals surface area (Å²) in [7, 11) is 3.33. The Labute approximate surface area is 224 Å². The number of likely N-dealkylation sites (tertiary alicyclic amines) is 1. The number of benzene rings is 2. The van der Waals surface area contributed by atoms with Gasteiger partial charge in [0, 0.05) is 68.0 Å². The van der Waals surface area contributed by atoms with E-state index in [1.807, 2.05) is 24.3 Å². The van der Waals surface area contributed by atoms with Crippen molar-refractivity contribution in [2.75, 3.05) is 64.9 Å². The number of aliphatic hydroxyl groups is 1. The van der Waals surface area contributed by atoms with Crippen molar-refractivity contribution in [3.05, 3.63) is 46.6 Å². The van der Waals surface area contributed by atoms with Gasteiger partial charge in [-0.2, -0.15) is 5.10 Å². The van der Waals surface area contributed by atoms with Crippen molar-refractivity contribution in [1.82, 2.24) is 19.6 Å². The van der Waals surface area contributed by atoms with Gasteiger partial charge in [0.15, 0.2) is 11.5 Å². The molecule has 1 N–H and O–H groups in total. The average Bonchev–Trinajstić information content (AvgIpc) is 3.24. The van der Waals surface area contributed by atoms with E-state index < -0.39 is 0 Å². The first-order chi connectivity index (χ1) is 18.0. The second kappa shape index (κ2) is 11.5. The number of hydrogen-bond acceptors (Lipinski definition) is 7. The van der Waals surface area contributed by atoms with Gasteiger partial charge in [0.1, 0.15) is 0 Å². The number of aliphatic hydroxyl groups excluding tert-OH is 1. The maximum atomic E-state index is 10.2. The fourth-order valence-corrected chi connectivity index (χ4v) is 5.80. The quantitative estimate of drug-likeness (QED) is 0.478. The lowest BCUT2D eigenvalue weighted by Gasteiger charge is -2.37. The summed E-state index contributed by atoms with van der Waals surface area (Å²) in [5.74, 6) is 1.42. The Balaban J connectivity index is 1.30. The van der Waals surface area contributed by atoms with Crippen molar-refractivity contribution in [3.8, 4) is 11.5 Å². The lowest BCUT2D eigenvalue weighted by Crippen LogP contribution is -2.47. The van der Waals surface area contributed by atoms with Crippen LogP contribution in [0.25, 0.3) is 10.9 Å². The summed E-state index contributed by atoms with van der Waals surface area (Å²) in [4.78, 5) is 7.24. The number of piperazine rings is 1. The summed E-state index contributed by atoms with van der Waals surface area (Å²) in [6.07, 6.45) is 1.63. The van der Waals surface area contributed by atoms with E-state index in [0.717, 1.165) is 85.8 Å². The Hall–Kier alpha value is -2.52. The highest BCUT2D eigenvalue weighted by atomic mass is 35.5. The van der Waals surface area contributed by atoms with Crippen LogP contribution in [0, 0.1) is 6.92 Å². The van der Waals surface area contributed by atoms with Gasteiger partial charge < -0.3 is 19.5 Å². The van der Waals surface area contributed by atoms with Crippen molar-refractivity contribution in [2.24, 2.45) is 0 Å². The molecule has 200 valence electrons. The number of aromatic nitrogens is 2. The van der Waals surface area contributed by atoms with E-state index in [2.05, 4.69) is 32.4 Å². The van der Waals surface area contributed by atoms with Gasteiger partial charge in [-0.25, -0.2) is 0 Å². The van der Waals surface area contributed by atoms with E-state index in [1.54, 1.807) is 14.2 Å². The lowest BCUT2D eigenvalue weighted by atomic mass is 10.1. The molecule has 2 aliphatic rings. The molecule has 1 unspecified atom stereocenters. The van der Waals surface area contributed by atoms with E-state index in [9.17, 15) is 5.11 Å². The maximum Gasteiger partial charge on any atom is 0.162 e. The third-order valence-electron chi connectivity index (χ3n) is 7.77. The normalized spacial score (nSPS) is 19.5. The Morgan fingerprint density at radius 3 is 2.49 bits per heavy atom. The zero-order valence-electron chi connectivity index (χ0n) is 22.1. The molecule has 2 aromatic carbocycles. The number of fused-ring (bicyclic) bond motifs is 1. The molecule has 5 rings (SSSR count). The largest absolute Gasteiger partial charge is 0.493 e. The molecule has 0 saturated carbocycles. The molecule has 0 spiro atoms. The molecule has 1 atom stereocenters. The number of anilines is 1. The number of hydrogen-bond donors (Lipinski definition) is 1. The molecular weight excluding hydrogens is 490 g/mol. The highest BCUT2D eigenvalue weighted by Gasteiger charge is 2.23. The molecular formula is C28H38ClN5O3. The minimum Gasteiger partial charge on any atom is -0.493 e. The lowest BCUT2D eigenvalue weighted by molar-refractivity contribution is 0.0663. The highest BCUT2D eigenvalue weighted by Crippen LogP contribution is 2.34. The molecule has 2 saturated heterocycles. The minimum atomic E-state index is -0.258. The van der Waals surface area contributed by atoms with E-state index in [1.165, 1.54) is 5.69 Å². The van der Waals surface area contributed by atoms with Crippen molar-refractivity contribution >= 4 is 28.2 Å². The molecule has 0 amide bonds. The molecule has 2 fully saturated rings. The van der Waals surface area contributed by atoms with Crippen LogP contribution in [0.15, 0.2) is 30.3 Å². The van der Waals surface area contributed by atoms with Crippen LogP contribution in [0.5, 0.6) is 11.5 Å². The van der Waals surface area contributed by atoms with Crippen LogP contribution in [-0.2, 0) is 13.1 Å². The third kappa shape index (κ3) is 5.67. The number of halogens is 1. The van der Waals surface area contributed by atoms with Gasteiger partial charge in [0.05, 0.1) is 38.1 Å². The average molecular weight is 528 g/mol. The molecule has 0 bridgehead atoms. The van der Waals surface area contributed by atoms with E-state index >= 15 is 0 Å². The summed E-state index contributed by atoms with van der Waals surface area (Å²) in [5.41, 5.74) is 4.46. The second-order valence-electron chi connectivity index (χ2n) is 10.1. The number of piperidine rings is 1. The van der Waals surface area contributed by atoms with E-state index in [0.29, 0.717) is 24.6 Å². The highest BCUT2D eigenvalue weighted by molar-refractivity contribution is 6.31. The van der Waals surface area contributed by atoms with Gasteiger partial charge in [0.2, 0.25) is 0 Å². The number of rotatable bonds is 8. The summed E-state index contributed by atoms with van der Waals surface area (Å²) < 4.78 is 13.3. The van der Waals surface area contributed by atoms with Gasteiger partial charge in [-0.1, -0.05) is 17.7 Å². The van der Waals surface area contributed by atoms with Gasteiger partial charge in [0.25, 0.3) is 0 Å². The topological polar surface area (TPSA) is 66.2 Å². The number of ether oxygens (including phenoxy) is 2. The standard InChI is InChI=1S/C28H38ClN5O3/c1-20-23(29)7-4-8-25(20)33-13-10-31(11-14-33)12-15-34-26-17-28(37-3)27(36-2)16-22(26)24(30-34)19-32-9-5-6-21(35)18-32/h4,7-8,16-17,21,35H,5-6,9-15,18-19H2,1-3H3. The van der Waals surface area contributed by atoms with Crippen molar-refractivity contribution in [2.45, 2.75) is 39.0 Å². The number of methoxy groups -OCH3 is 2. The fourth-order valence-electron chi connectivity index (χ4n) is 5.63. The Morgan fingerprint density at radius 1 is 1.00 bits per heavy atom. The van der Waals surface area contributed by atoms with Crippen LogP contribution >= 0.6 is 11.6 Å². The molecule has 2 aliphatic heterocycles. The van der Waals surface area contributed by atoms with Gasteiger partial charge in [-0.3, -0.25) is 14.5 Å². The van der Waals surface area contributed by atoms with Crippen molar-refractivity contribution in [1.29, 1.82) is 0 Å². The van der Waals surface area contributed by atoms with Crippen LogP contribution < -0.4 is 14.4 Å². The van der Waals surface area contributed by atoms with Gasteiger partial charge >= 0.3 is 0 Å². The van der Waals surface area contributed by atoms with Crippen molar-refractivity contribution < 1.29 is 14.6 Å². The van der Waals surface area contributed by atoms with Crippen LogP contribution in [0.4, 0.5) is 5.69 Å². The van der Waals surface area contributed by atoms with E-state index in [-0.39, 0.29) is 6.10 Å². The molecule has 37 heavy (non-hydrogen) atoms. The predicted molar refractivity (Wildman–Crippen MR) is 148 cm³/mol. The van der Waals surface area contributed by atoms with E-state index in [4.69, 9.17) is 26.2 Å². The van der Waals surface area contributed by atoms with Crippen molar-refractivity contribution in [3.63, 3.8) is 0 Å². The smallest absolute Gasteiger partial charge is 0.162 e. The molecule has 8 nitrogen and oxygen atoms in total. The summed E-state index contributed by atoms with van der Waals surface area (Å²) in [5, 5.41) is 17.1. The zero-order chi connectivity index (χ0) is 25.9. The SMILES string of the molecule is COc1cc2c(CN3CCCC(O)C3)nn(CCN3CCN(c4cccc(Cl)c4C)CC3)c2cc1OC. The third-order valence-corrected chi connectivity index (χ3v) is 8.18. The molecule has 9 heteroatoms. The van der Waals surface area contributed by atoms with Crippen LogP contribution in [0.2, 0.25) is 5.02 Å². The summed E-state index contributed by atoms with van der Waals surface area (Å²) in [6, 6.07) is 10.2. The first kappa shape index (κ1) is 26.1. The second-order valence-corrected chi connectivity index (χ2v) is 10.5. The first-order valence-electron chi connectivity index (χ1n) is 13.2. The number of nitrogens with zero attached hydrogens (tertiary/aromatic N) is 5. The molecule has 0 radical (unpaired) electrons. The molecule has 0 aliphatic carbocycles. The van der Waals surface area contributed by atoms with Gasteiger partial charge in [-0.15, -0.1) is 0 Å². The van der Waals surface area contributed by atoms with Crippen LogP contribution in [0.1, 0.15) is 24.1 Å². The zero-order valence-corrected chi connectivity index (χ0v) is 22.9. The van der Waals surface area contributed by atoms with Crippen LogP contribution in [0.3, 0.4) is 0 Å². The Morgan fingerprint density at radius 2 is 1.76 bits per heavy atom. The predicted octanol–water partition coefficient (Wildman–Crippen LogP) is 3.79. The fraction of sp³-hybridized carbons (Fsp3) is 0.536. The van der Waals surface area contributed by atoms with Crippen LogP contribution in [-0.4, -0.2) is 90.8 Å². The minimum absolute atomic E-state index is 0.258. The Bertz CT molecular complexity index is 1220. The molecule has 3 heterocycles. The first-order valence-corrected chi connectivity index (χ1v) is 13.6. The van der Waals surface area contributed by atoms with Gasteiger partial charge in [-0.05, 0) is 50.1 Å².